The van der Waals surface area contributed by atoms with Crippen molar-refractivity contribution in [1.29, 1.82) is 5.26 Å². The number of rotatable bonds is 4. The molecule has 0 atom stereocenters. The summed E-state index contributed by atoms with van der Waals surface area (Å²) in [5, 5.41) is 10.2. The first-order valence-electron chi connectivity index (χ1n) is 10.2. The minimum atomic E-state index is -0.365. The molecular formula is C24H23FN4O3. The number of halogens is 1. The predicted octanol–water partition coefficient (Wildman–Crippen LogP) is 3.53. The Morgan fingerprint density at radius 1 is 1.09 bits per heavy atom. The van der Waals surface area contributed by atoms with Crippen LogP contribution in [-0.2, 0) is 0 Å². The van der Waals surface area contributed by atoms with Crippen LogP contribution in [0.25, 0.3) is 10.9 Å². The summed E-state index contributed by atoms with van der Waals surface area (Å²) in [6, 6.07) is 10.1. The van der Waals surface area contributed by atoms with Gasteiger partial charge < -0.3 is 19.3 Å². The Balaban J connectivity index is 1.59. The lowest BCUT2D eigenvalue weighted by molar-refractivity contribution is 0.0746. The summed E-state index contributed by atoms with van der Waals surface area (Å²) in [6.45, 7) is 3.77. The van der Waals surface area contributed by atoms with Gasteiger partial charge in [0, 0.05) is 43.3 Å². The number of aromatic nitrogens is 1. The van der Waals surface area contributed by atoms with E-state index in [2.05, 4.69) is 11.1 Å². The molecule has 1 aromatic heterocycles. The molecule has 0 radical (unpaired) electrons. The first-order valence-corrected chi connectivity index (χ1v) is 10.2. The van der Waals surface area contributed by atoms with Gasteiger partial charge in [0.1, 0.15) is 11.9 Å². The molecule has 1 amide bonds. The summed E-state index contributed by atoms with van der Waals surface area (Å²) in [5.41, 5.74) is 2.96. The molecule has 1 fully saturated rings. The van der Waals surface area contributed by atoms with Gasteiger partial charge in [-0.3, -0.25) is 9.78 Å². The summed E-state index contributed by atoms with van der Waals surface area (Å²) in [5.74, 6) is 0.587. The van der Waals surface area contributed by atoms with Crippen LogP contribution in [0.2, 0.25) is 0 Å². The lowest BCUT2D eigenvalue weighted by Crippen LogP contribution is -2.49. The number of carbonyl (C=O) groups is 1. The van der Waals surface area contributed by atoms with Crippen LogP contribution in [0, 0.1) is 24.1 Å². The molecule has 8 heteroatoms. The van der Waals surface area contributed by atoms with Crippen molar-refractivity contribution in [2.45, 2.75) is 6.92 Å². The van der Waals surface area contributed by atoms with Crippen LogP contribution in [0.1, 0.15) is 21.5 Å². The minimum Gasteiger partial charge on any atom is -0.493 e. The minimum absolute atomic E-state index is 0.104. The third kappa shape index (κ3) is 3.78. The molecule has 7 nitrogen and oxygen atoms in total. The van der Waals surface area contributed by atoms with E-state index in [4.69, 9.17) is 9.47 Å². The molecule has 0 saturated carbocycles. The van der Waals surface area contributed by atoms with Crippen molar-refractivity contribution < 1.29 is 18.7 Å². The molecule has 1 saturated heterocycles. The number of fused-ring (bicyclic) bond motifs is 1. The van der Waals surface area contributed by atoms with Crippen LogP contribution in [-0.4, -0.2) is 56.2 Å². The number of aryl methyl sites for hydroxylation is 1. The average Bonchev–Trinajstić information content (AvgIpc) is 2.82. The third-order valence-electron chi connectivity index (χ3n) is 5.73. The lowest BCUT2D eigenvalue weighted by atomic mass is 10.0. The molecule has 1 aliphatic rings. The second kappa shape index (κ2) is 8.71. The van der Waals surface area contributed by atoms with Gasteiger partial charge in [-0.15, -0.1) is 0 Å². The van der Waals surface area contributed by atoms with Crippen LogP contribution in [0.5, 0.6) is 11.5 Å². The fourth-order valence-corrected chi connectivity index (χ4v) is 4.13. The van der Waals surface area contributed by atoms with Crippen LogP contribution in [0.15, 0.2) is 36.5 Å². The summed E-state index contributed by atoms with van der Waals surface area (Å²) in [6.07, 6.45) is 1.53. The molecule has 2 heterocycles. The summed E-state index contributed by atoms with van der Waals surface area (Å²) >= 11 is 0. The highest BCUT2D eigenvalue weighted by molar-refractivity contribution is 5.97. The smallest absolute Gasteiger partial charge is 0.254 e. The van der Waals surface area contributed by atoms with Crippen molar-refractivity contribution in [2.75, 3.05) is 45.3 Å². The van der Waals surface area contributed by atoms with Crippen molar-refractivity contribution in [3.05, 3.63) is 59.0 Å². The van der Waals surface area contributed by atoms with E-state index in [0.717, 1.165) is 0 Å². The number of benzene rings is 2. The number of methoxy groups -OCH3 is 2. The first kappa shape index (κ1) is 21.4. The van der Waals surface area contributed by atoms with E-state index in [1.165, 1.54) is 25.4 Å². The van der Waals surface area contributed by atoms with Crippen molar-refractivity contribution in [3.63, 3.8) is 0 Å². The van der Waals surface area contributed by atoms with E-state index in [-0.39, 0.29) is 11.7 Å². The van der Waals surface area contributed by atoms with Gasteiger partial charge in [0.25, 0.3) is 5.91 Å². The first-order chi connectivity index (χ1) is 15.5. The van der Waals surface area contributed by atoms with E-state index in [1.54, 1.807) is 37.1 Å². The van der Waals surface area contributed by atoms with Crippen LogP contribution >= 0.6 is 0 Å². The standard InChI is InChI=1S/C24H23FN4O3/c1-15-10-18(25)12-19-22(15)27-14-17(13-26)23(19)28-6-8-29(9-7-28)24(30)16-4-5-20(31-2)21(11-16)32-3/h4-5,10-12,14H,6-9H2,1-3H3. The maximum atomic E-state index is 14.2. The molecule has 0 N–H and O–H groups in total. The average molecular weight is 434 g/mol. The number of hydrogen-bond acceptors (Lipinski definition) is 6. The van der Waals surface area contributed by atoms with Gasteiger partial charge in [-0.1, -0.05) is 0 Å². The van der Waals surface area contributed by atoms with Gasteiger partial charge in [0.15, 0.2) is 11.5 Å². The van der Waals surface area contributed by atoms with Crippen LogP contribution in [0.3, 0.4) is 0 Å². The Morgan fingerprint density at radius 3 is 2.47 bits per heavy atom. The van der Waals surface area contributed by atoms with E-state index in [1.807, 2.05) is 4.90 Å². The third-order valence-corrected chi connectivity index (χ3v) is 5.73. The Hall–Kier alpha value is -3.86. The Kier molecular flexibility index (Phi) is 5.82. The largest absolute Gasteiger partial charge is 0.493 e. The van der Waals surface area contributed by atoms with Gasteiger partial charge in [-0.05, 0) is 42.8 Å². The van der Waals surface area contributed by atoms with Gasteiger partial charge in [0.05, 0.1) is 31.0 Å². The molecule has 1 aliphatic heterocycles. The summed E-state index contributed by atoms with van der Waals surface area (Å²) in [7, 11) is 3.07. The van der Waals surface area contributed by atoms with Crippen LogP contribution in [0.4, 0.5) is 10.1 Å². The van der Waals surface area contributed by atoms with E-state index >= 15 is 0 Å². The fraction of sp³-hybridized carbons (Fsp3) is 0.292. The molecule has 4 rings (SSSR count). The SMILES string of the molecule is COc1ccc(C(=O)N2CCN(c3c(C#N)cnc4c(C)cc(F)cc34)CC2)cc1OC. The lowest BCUT2D eigenvalue weighted by Gasteiger charge is -2.37. The molecule has 2 aromatic carbocycles. The molecule has 3 aromatic rings. The second-order valence-corrected chi connectivity index (χ2v) is 7.60. The Morgan fingerprint density at radius 2 is 1.81 bits per heavy atom. The molecular weight excluding hydrogens is 411 g/mol. The van der Waals surface area contributed by atoms with Gasteiger partial charge in [-0.25, -0.2) is 4.39 Å². The Labute approximate surface area is 185 Å². The van der Waals surface area contributed by atoms with E-state index < -0.39 is 0 Å². The Bertz CT molecular complexity index is 1230. The van der Waals surface area contributed by atoms with Gasteiger partial charge in [-0.2, -0.15) is 5.26 Å². The fourth-order valence-electron chi connectivity index (χ4n) is 4.13. The number of ether oxygens (including phenoxy) is 2. The zero-order valence-corrected chi connectivity index (χ0v) is 18.2. The highest BCUT2D eigenvalue weighted by Crippen LogP contribution is 2.33. The second-order valence-electron chi connectivity index (χ2n) is 7.60. The zero-order valence-electron chi connectivity index (χ0n) is 18.2. The molecule has 0 aliphatic carbocycles. The number of pyridine rings is 1. The molecule has 0 unspecified atom stereocenters. The van der Waals surface area contributed by atoms with Gasteiger partial charge >= 0.3 is 0 Å². The number of piperazine rings is 1. The van der Waals surface area contributed by atoms with Crippen molar-refractivity contribution in [1.82, 2.24) is 9.88 Å². The molecule has 164 valence electrons. The van der Waals surface area contributed by atoms with Crippen molar-refractivity contribution in [3.8, 4) is 17.6 Å². The summed E-state index contributed by atoms with van der Waals surface area (Å²) in [4.78, 5) is 21.2. The highest BCUT2D eigenvalue weighted by atomic mass is 19.1. The molecule has 0 bridgehead atoms. The quantitative estimate of drug-likeness (QED) is 0.625. The molecule has 32 heavy (non-hydrogen) atoms. The number of nitrogens with zero attached hydrogens (tertiary/aromatic N) is 4. The maximum absolute atomic E-state index is 14.2. The predicted molar refractivity (Wildman–Crippen MR) is 119 cm³/mol. The monoisotopic (exact) mass is 434 g/mol. The number of anilines is 1. The summed E-state index contributed by atoms with van der Waals surface area (Å²) < 4.78 is 24.7. The van der Waals surface area contributed by atoms with E-state index in [0.29, 0.717) is 71.0 Å². The maximum Gasteiger partial charge on any atom is 0.254 e. The number of hydrogen-bond donors (Lipinski definition) is 0. The van der Waals surface area contributed by atoms with Crippen molar-refractivity contribution >= 4 is 22.5 Å². The normalized spacial score (nSPS) is 13.7. The zero-order chi connectivity index (χ0) is 22.8. The number of nitriles is 1. The number of carbonyl (C=O) groups excluding carboxylic acids is 1. The van der Waals surface area contributed by atoms with Gasteiger partial charge in [0.2, 0.25) is 0 Å². The van der Waals surface area contributed by atoms with E-state index in [9.17, 15) is 14.4 Å². The number of amides is 1. The highest BCUT2D eigenvalue weighted by Gasteiger charge is 2.26. The molecule has 0 spiro atoms. The van der Waals surface area contributed by atoms with Crippen molar-refractivity contribution in [2.24, 2.45) is 0 Å². The topological polar surface area (TPSA) is 78.7 Å². The van der Waals surface area contributed by atoms with Crippen LogP contribution < -0.4 is 14.4 Å².